The molecule has 20 heavy (non-hydrogen) atoms. The predicted octanol–water partition coefficient (Wildman–Crippen LogP) is 2.30. The second-order valence-corrected chi connectivity index (χ2v) is 4.10. The van der Waals surface area contributed by atoms with E-state index in [2.05, 4.69) is 5.32 Å². The van der Waals surface area contributed by atoms with E-state index in [1.54, 1.807) is 37.3 Å². The summed E-state index contributed by atoms with van der Waals surface area (Å²) >= 11 is 0. The fraction of sp³-hybridized carbons (Fsp3) is 0.143. The molecule has 0 saturated heterocycles. The Hall–Kier alpha value is -2.76. The summed E-state index contributed by atoms with van der Waals surface area (Å²) < 4.78 is 10.1. The summed E-state index contributed by atoms with van der Waals surface area (Å²) in [6, 6.07) is 8.17. The lowest BCUT2D eigenvalue weighted by molar-refractivity contribution is -0.139. The van der Waals surface area contributed by atoms with Crippen LogP contribution in [-0.4, -0.2) is 23.6 Å². The highest BCUT2D eigenvalue weighted by atomic mass is 16.5. The normalized spacial score (nSPS) is 10.1. The number of hydrogen-bond donors (Lipinski definition) is 2. The van der Waals surface area contributed by atoms with Crippen LogP contribution in [0.2, 0.25) is 0 Å². The maximum absolute atomic E-state index is 11.9. The van der Waals surface area contributed by atoms with Gasteiger partial charge in [0.25, 0.3) is 5.91 Å². The van der Waals surface area contributed by atoms with E-state index in [9.17, 15) is 9.59 Å². The van der Waals surface area contributed by atoms with Crippen LogP contribution in [-0.2, 0) is 4.79 Å². The van der Waals surface area contributed by atoms with Gasteiger partial charge in [0, 0.05) is 17.3 Å². The molecule has 1 aromatic heterocycles. The average Bonchev–Trinajstić information content (AvgIpc) is 2.83. The van der Waals surface area contributed by atoms with Crippen LogP contribution >= 0.6 is 0 Å². The van der Waals surface area contributed by atoms with E-state index in [1.165, 1.54) is 6.26 Å². The molecule has 6 heteroatoms. The van der Waals surface area contributed by atoms with Crippen LogP contribution < -0.4 is 10.1 Å². The Bertz CT molecular complexity index is 632. The number of nitrogens with one attached hydrogen (secondary N) is 1. The summed E-state index contributed by atoms with van der Waals surface area (Å²) in [5.74, 6) is -0.836. The van der Waals surface area contributed by atoms with Crippen molar-refractivity contribution in [1.82, 2.24) is 0 Å². The largest absolute Gasteiger partial charge is 0.482 e. The van der Waals surface area contributed by atoms with Gasteiger partial charge < -0.3 is 19.6 Å². The van der Waals surface area contributed by atoms with Crippen LogP contribution in [0.25, 0.3) is 0 Å². The van der Waals surface area contributed by atoms with Gasteiger partial charge in [-0.2, -0.15) is 0 Å². The number of carboxylic acids is 1. The van der Waals surface area contributed by atoms with Gasteiger partial charge in [0.1, 0.15) is 5.75 Å². The fourth-order valence-electron chi connectivity index (χ4n) is 1.60. The zero-order chi connectivity index (χ0) is 14.5. The summed E-state index contributed by atoms with van der Waals surface area (Å²) in [6.45, 7) is 1.33. The van der Waals surface area contributed by atoms with Gasteiger partial charge in [-0.1, -0.05) is 6.07 Å². The zero-order valence-electron chi connectivity index (χ0n) is 10.8. The first-order chi connectivity index (χ1) is 9.56. The lowest BCUT2D eigenvalue weighted by atomic mass is 10.2. The van der Waals surface area contributed by atoms with Gasteiger partial charge in [0.15, 0.2) is 12.4 Å². The Kier molecular flexibility index (Phi) is 4.05. The maximum Gasteiger partial charge on any atom is 0.341 e. The minimum atomic E-state index is -1.06. The molecular weight excluding hydrogens is 262 g/mol. The highest BCUT2D eigenvalue weighted by Crippen LogP contribution is 2.19. The van der Waals surface area contributed by atoms with Crippen molar-refractivity contribution in [2.45, 2.75) is 6.92 Å². The highest BCUT2D eigenvalue weighted by molar-refractivity contribution is 6.03. The molecule has 2 rings (SSSR count). The van der Waals surface area contributed by atoms with Crippen molar-refractivity contribution in [3.05, 3.63) is 47.9 Å². The maximum atomic E-state index is 11.9. The summed E-state index contributed by atoms with van der Waals surface area (Å²) in [4.78, 5) is 22.4. The van der Waals surface area contributed by atoms with E-state index < -0.39 is 12.6 Å². The molecular formula is C14H13NO5. The van der Waals surface area contributed by atoms with Crippen LogP contribution in [0.5, 0.6) is 5.75 Å². The molecule has 0 aliphatic heterocycles. The van der Waals surface area contributed by atoms with Crippen molar-refractivity contribution in [2.75, 3.05) is 11.9 Å². The molecule has 0 aliphatic carbocycles. The molecule has 6 nitrogen and oxygen atoms in total. The van der Waals surface area contributed by atoms with Gasteiger partial charge in [0.2, 0.25) is 0 Å². The van der Waals surface area contributed by atoms with Gasteiger partial charge in [0.05, 0.1) is 6.26 Å². The number of carbonyl (C=O) groups is 2. The average molecular weight is 275 g/mol. The standard InChI is InChI=1S/C14H13NO5/c1-9-5-6-19-13(9)14(18)15-10-3-2-4-11(7-10)20-8-12(16)17/h2-7H,8H2,1H3,(H,15,18)(H,16,17). The Balaban J connectivity index is 2.06. The van der Waals surface area contributed by atoms with Crippen molar-refractivity contribution in [3.8, 4) is 5.75 Å². The molecule has 104 valence electrons. The lowest BCUT2D eigenvalue weighted by Gasteiger charge is -2.07. The van der Waals surface area contributed by atoms with E-state index in [0.29, 0.717) is 11.4 Å². The number of amides is 1. The van der Waals surface area contributed by atoms with Crippen molar-refractivity contribution in [1.29, 1.82) is 0 Å². The van der Waals surface area contributed by atoms with Crippen molar-refractivity contribution >= 4 is 17.6 Å². The number of hydrogen-bond acceptors (Lipinski definition) is 4. The molecule has 0 aliphatic rings. The molecule has 2 aromatic rings. The highest BCUT2D eigenvalue weighted by Gasteiger charge is 2.13. The fourth-order valence-corrected chi connectivity index (χ4v) is 1.60. The first kappa shape index (κ1) is 13.7. The Morgan fingerprint density at radius 3 is 2.80 bits per heavy atom. The molecule has 2 N–H and O–H groups in total. The second kappa shape index (κ2) is 5.92. The van der Waals surface area contributed by atoms with E-state index >= 15 is 0 Å². The van der Waals surface area contributed by atoms with E-state index in [1.807, 2.05) is 0 Å². The van der Waals surface area contributed by atoms with Crippen molar-refractivity contribution < 1.29 is 23.8 Å². The first-order valence-corrected chi connectivity index (χ1v) is 5.86. The third kappa shape index (κ3) is 3.38. The molecule has 0 spiro atoms. The molecule has 1 heterocycles. The number of ether oxygens (including phenoxy) is 1. The number of furan rings is 1. The number of rotatable bonds is 5. The molecule has 0 fully saturated rings. The molecule has 1 aromatic carbocycles. The summed E-state index contributed by atoms with van der Waals surface area (Å²) in [5.41, 5.74) is 1.23. The summed E-state index contributed by atoms with van der Waals surface area (Å²) in [5, 5.41) is 11.2. The number of aliphatic carboxylic acids is 1. The van der Waals surface area contributed by atoms with Gasteiger partial charge in [-0.25, -0.2) is 4.79 Å². The number of carbonyl (C=O) groups excluding carboxylic acids is 1. The van der Waals surface area contributed by atoms with E-state index in [-0.39, 0.29) is 11.7 Å². The summed E-state index contributed by atoms with van der Waals surface area (Å²) in [7, 11) is 0. The van der Waals surface area contributed by atoms with E-state index in [4.69, 9.17) is 14.3 Å². The predicted molar refractivity (Wildman–Crippen MR) is 71.0 cm³/mol. The minimum Gasteiger partial charge on any atom is -0.482 e. The van der Waals surface area contributed by atoms with Gasteiger partial charge in [-0.3, -0.25) is 4.79 Å². The smallest absolute Gasteiger partial charge is 0.341 e. The van der Waals surface area contributed by atoms with Crippen LogP contribution in [0, 0.1) is 6.92 Å². The molecule has 0 bridgehead atoms. The number of benzene rings is 1. The minimum absolute atomic E-state index is 0.238. The topological polar surface area (TPSA) is 88.8 Å². The molecule has 0 atom stereocenters. The monoisotopic (exact) mass is 275 g/mol. The first-order valence-electron chi connectivity index (χ1n) is 5.86. The van der Waals surface area contributed by atoms with Crippen LogP contribution in [0.1, 0.15) is 16.1 Å². The van der Waals surface area contributed by atoms with Crippen LogP contribution in [0.3, 0.4) is 0 Å². The Labute approximate surface area is 115 Å². The SMILES string of the molecule is Cc1ccoc1C(=O)Nc1cccc(OCC(=O)O)c1. The van der Waals surface area contributed by atoms with Crippen molar-refractivity contribution in [2.24, 2.45) is 0 Å². The Morgan fingerprint density at radius 2 is 2.15 bits per heavy atom. The number of carboxylic acid groups (broad SMARTS) is 1. The number of anilines is 1. The third-order valence-corrected chi connectivity index (χ3v) is 2.52. The third-order valence-electron chi connectivity index (χ3n) is 2.52. The quantitative estimate of drug-likeness (QED) is 0.874. The van der Waals surface area contributed by atoms with Gasteiger partial charge in [-0.05, 0) is 25.1 Å². The van der Waals surface area contributed by atoms with Gasteiger partial charge in [-0.15, -0.1) is 0 Å². The van der Waals surface area contributed by atoms with Gasteiger partial charge >= 0.3 is 5.97 Å². The number of aryl methyl sites for hydroxylation is 1. The Morgan fingerprint density at radius 1 is 1.35 bits per heavy atom. The molecule has 0 unspecified atom stereocenters. The zero-order valence-corrected chi connectivity index (χ0v) is 10.8. The molecule has 0 radical (unpaired) electrons. The van der Waals surface area contributed by atoms with Crippen LogP contribution in [0.4, 0.5) is 5.69 Å². The summed E-state index contributed by atoms with van der Waals surface area (Å²) in [6.07, 6.45) is 1.44. The van der Waals surface area contributed by atoms with Crippen molar-refractivity contribution in [3.63, 3.8) is 0 Å². The lowest BCUT2D eigenvalue weighted by Crippen LogP contribution is -2.13. The van der Waals surface area contributed by atoms with Crippen LogP contribution in [0.15, 0.2) is 41.0 Å². The second-order valence-electron chi connectivity index (χ2n) is 4.10. The molecule has 0 saturated carbocycles. The molecule has 1 amide bonds. The van der Waals surface area contributed by atoms with E-state index in [0.717, 1.165) is 5.56 Å².